The Morgan fingerprint density at radius 2 is 1.81 bits per heavy atom. The van der Waals surface area contributed by atoms with Crippen LogP contribution in [0.1, 0.15) is 81.8 Å². The molecule has 0 radical (unpaired) electrons. The van der Waals surface area contributed by atoms with Crippen molar-refractivity contribution < 1.29 is 0 Å². The number of rotatable bonds is 6. The minimum atomic E-state index is 0.584. The first kappa shape index (κ1) is 16.5. The first-order valence-corrected chi connectivity index (χ1v) is 8.87. The number of aromatic nitrogens is 2. The normalized spacial score (nSPS) is 17.4. The Bertz CT molecular complexity index is 426. The molecule has 0 atom stereocenters. The Balaban J connectivity index is 1.99. The van der Waals surface area contributed by atoms with Crippen molar-refractivity contribution in [2.45, 2.75) is 91.1 Å². The maximum Gasteiger partial charge on any atom is 0.0628 e. The van der Waals surface area contributed by atoms with E-state index >= 15 is 0 Å². The molecule has 0 amide bonds. The van der Waals surface area contributed by atoms with E-state index in [0.717, 1.165) is 13.0 Å². The van der Waals surface area contributed by atoms with Crippen molar-refractivity contribution in [2.75, 3.05) is 6.54 Å². The SMILES string of the molecule is Cc1nn(C2CCCCCC2)c(C)c1CCCNC(C)C. The van der Waals surface area contributed by atoms with E-state index in [9.17, 15) is 0 Å². The van der Waals surface area contributed by atoms with Crippen LogP contribution in [0.4, 0.5) is 0 Å². The molecule has 3 nitrogen and oxygen atoms in total. The second-order valence-electron chi connectivity index (χ2n) is 6.95. The van der Waals surface area contributed by atoms with Crippen LogP contribution in [-0.2, 0) is 6.42 Å². The first-order valence-electron chi connectivity index (χ1n) is 8.87. The summed E-state index contributed by atoms with van der Waals surface area (Å²) in [5.41, 5.74) is 4.16. The first-order chi connectivity index (χ1) is 10.1. The van der Waals surface area contributed by atoms with Gasteiger partial charge in [-0.1, -0.05) is 39.5 Å². The van der Waals surface area contributed by atoms with Gasteiger partial charge in [0.2, 0.25) is 0 Å². The Morgan fingerprint density at radius 3 is 2.43 bits per heavy atom. The largest absolute Gasteiger partial charge is 0.315 e. The van der Waals surface area contributed by atoms with Gasteiger partial charge in [0.15, 0.2) is 0 Å². The van der Waals surface area contributed by atoms with Crippen molar-refractivity contribution in [1.82, 2.24) is 15.1 Å². The maximum absolute atomic E-state index is 4.89. The summed E-state index contributed by atoms with van der Waals surface area (Å²) in [6, 6.07) is 1.23. The molecule has 0 bridgehead atoms. The molecule has 1 saturated carbocycles. The molecule has 1 aromatic heterocycles. The second kappa shape index (κ2) is 7.98. The number of nitrogens with zero attached hydrogens (tertiary/aromatic N) is 2. The second-order valence-corrected chi connectivity index (χ2v) is 6.95. The quantitative estimate of drug-likeness (QED) is 0.624. The lowest BCUT2D eigenvalue weighted by molar-refractivity contribution is 0.396. The third-order valence-corrected chi connectivity index (χ3v) is 4.80. The Labute approximate surface area is 130 Å². The summed E-state index contributed by atoms with van der Waals surface area (Å²) >= 11 is 0. The third-order valence-electron chi connectivity index (χ3n) is 4.80. The molecule has 1 fully saturated rings. The molecule has 0 unspecified atom stereocenters. The lowest BCUT2D eigenvalue weighted by Crippen LogP contribution is -2.24. The molecule has 1 heterocycles. The zero-order valence-corrected chi connectivity index (χ0v) is 14.4. The fourth-order valence-electron chi connectivity index (χ4n) is 3.57. The zero-order valence-electron chi connectivity index (χ0n) is 14.4. The van der Waals surface area contributed by atoms with E-state index in [4.69, 9.17) is 5.10 Å². The molecule has 120 valence electrons. The topological polar surface area (TPSA) is 29.9 Å². The number of hydrogen-bond donors (Lipinski definition) is 1. The molecular formula is C18H33N3. The van der Waals surface area contributed by atoms with E-state index in [1.54, 1.807) is 0 Å². The van der Waals surface area contributed by atoms with E-state index in [-0.39, 0.29) is 0 Å². The van der Waals surface area contributed by atoms with Gasteiger partial charge < -0.3 is 5.32 Å². The monoisotopic (exact) mass is 291 g/mol. The van der Waals surface area contributed by atoms with Gasteiger partial charge in [-0.15, -0.1) is 0 Å². The Hall–Kier alpha value is -0.830. The molecule has 0 saturated heterocycles. The Morgan fingerprint density at radius 1 is 1.14 bits per heavy atom. The third kappa shape index (κ3) is 4.57. The molecular weight excluding hydrogens is 258 g/mol. The highest BCUT2D eigenvalue weighted by atomic mass is 15.3. The number of aryl methyl sites for hydroxylation is 1. The summed E-state index contributed by atoms with van der Waals surface area (Å²) < 4.78 is 2.35. The molecule has 1 aliphatic rings. The van der Waals surface area contributed by atoms with Crippen molar-refractivity contribution >= 4 is 0 Å². The van der Waals surface area contributed by atoms with Gasteiger partial charge in [0, 0.05) is 11.7 Å². The van der Waals surface area contributed by atoms with Crippen molar-refractivity contribution in [2.24, 2.45) is 0 Å². The van der Waals surface area contributed by atoms with Crippen molar-refractivity contribution in [1.29, 1.82) is 0 Å². The zero-order chi connectivity index (χ0) is 15.2. The van der Waals surface area contributed by atoms with Gasteiger partial charge in [-0.05, 0) is 51.6 Å². The van der Waals surface area contributed by atoms with Crippen LogP contribution >= 0.6 is 0 Å². The van der Waals surface area contributed by atoms with E-state index in [0.29, 0.717) is 12.1 Å². The van der Waals surface area contributed by atoms with Gasteiger partial charge in [-0.3, -0.25) is 4.68 Å². The van der Waals surface area contributed by atoms with Gasteiger partial charge in [-0.2, -0.15) is 5.10 Å². The molecule has 21 heavy (non-hydrogen) atoms. The minimum absolute atomic E-state index is 0.584. The highest BCUT2D eigenvalue weighted by molar-refractivity contribution is 5.25. The predicted molar refractivity (Wildman–Crippen MR) is 89.9 cm³/mol. The molecule has 1 N–H and O–H groups in total. The van der Waals surface area contributed by atoms with Crippen molar-refractivity contribution in [3.63, 3.8) is 0 Å². The summed E-state index contributed by atoms with van der Waals surface area (Å²) in [5.74, 6) is 0. The van der Waals surface area contributed by atoms with Gasteiger partial charge in [0.1, 0.15) is 0 Å². The lowest BCUT2D eigenvalue weighted by Gasteiger charge is -2.17. The average Bonchev–Trinajstić information content (AvgIpc) is 2.64. The molecule has 1 aromatic rings. The van der Waals surface area contributed by atoms with Crippen LogP contribution in [0, 0.1) is 13.8 Å². The fourth-order valence-corrected chi connectivity index (χ4v) is 3.57. The van der Waals surface area contributed by atoms with E-state index in [1.165, 1.54) is 61.9 Å². The summed E-state index contributed by atoms with van der Waals surface area (Å²) in [6.07, 6.45) is 10.5. The number of hydrogen-bond acceptors (Lipinski definition) is 2. The molecule has 1 aliphatic carbocycles. The average molecular weight is 291 g/mol. The number of nitrogens with one attached hydrogen (secondary N) is 1. The summed E-state index contributed by atoms with van der Waals surface area (Å²) in [5, 5.41) is 8.39. The van der Waals surface area contributed by atoms with E-state index in [2.05, 4.69) is 37.7 Å². The minimum Gasteiger partial charge on any atom is -0.315 e. The maximum atomic E-state index is 4.89. The van der Waals surface area contributed by atoms with Crippen LogP contribution in [0.5, 0.6) is 0 Å². The van der Waals surface area contributed by atoms with Crippen LogP contribution in [0.15, 0.2) is 0 Å². The highest BCUT2D eigenvalue weighted by Gasteiger charge is 2.19. The summed E-state index contributed by atoms with van der Waals surface area (Å²) in [7, 11) is 0. The van der Waals surface area contributed by atoms with Crippen LogP contribution in [0.3, 0.4) is 0 Å². The highest BCUT2D eigenvalue weighted by Crippen LogP contribution is 2.29. The van der Waals surface area contributed by atoms with Gasteiger partial charge in [-0.25, -0.2) is 0 Å². The lowest BCUT2D eigenvalue weighted by atomic mass is 10.1. The van der Waals surface area contributed by atoms with Crippen LogP contribution in [0.25, 0.3) is 0 Å². The molecule has 0 spiro atoms. The Kier molecular flexibility index (Phi) is 6.28. The molecule has 0 aliphatic heterocycles. The van der Waals surface area contributed by atoms with Gasteiger partial charge >= 0.3 is 0 Å². The van der Waals surface area contributed by atoms with E-state index < -0.39 is 0 Å². The summed E-state index contributed by atoms with van der Waals surface area (Å²) in [6.45, 7) is 9.98. The summed E-state index contributed by atoms with van der Waals surface area (Å²) in [4.78, 5) is 0. The smallest absolute Gasteiger partial charge is 0.0628 e. The fraction of sp³-hybridized carbons (Fsp3) is 0.833. The van der Waals surface area contributed by atoms with E-state index in [1.807, 2.05) is 0 Å². The molecule has 0 aromatic carbocycles. The van der Waals surface area contributed by atoms with Crippen molar-refractivity contribution in [3.8, 4) is 0 Å². The molecule has 3 heteroatoms. The standard InChI is InChI=1S/C18H33N3/c1-14(2)19-13-9-12-18-15(3)20-21(16(18)4)17-10-7-5-6-8-11-17/h14,17,19H,5-13H2,1-4H3. The van der Waals surface area contributed by atoms with Gasteiger partial charge in [0.25, 0.3) is 0 Å². The van der Waals surface area contributed by atoms with Crippen LogP contribution in [-0.4, -0.2) is 22.4 Å². The molecule has 2 rings (SSSR count). The van der Waals surface area contributed by atoms with Crippen LogP contribution < -0.4 is 5.32 Å². The van der Waals surface area contributed by atoms with Crippen LogP contribution in [0.2, 0.25) is 0 Å². The van der Waals surface area contributed by atoms with Gasteiger partial charge in [0.05, 0.1) is 11.7 Å². The van der Waals surface area contributed by atoms with Crippen molar-refractivity contribution in [3.05, 3.63) is 17.0 Å². The predicted octanol–water partition coefficient (Wildman–Crippen LogP) is 4.33.